The van der Waals surface area contributed by atoms with Gasteiger partial charge >= 0.3 is 6.43 Å². The van der Waals surface area contributed by atoms with E-state index in [1.54, 1.807) is 0 Å². The number of halogens is 5. The van der Waals surface area contributed by atoms with Crippen LogP contribution in [0.4, 0.5) is 22.0 Å². The predicted octanol–water partition coefficient (Wildman–Crippen LogP) is 2.24. The van der Waals surface area contributed by atoms with Crippen LogP contribution < -0.4 is 0 Å². The van der Waals surface area contributed by atoms with Crippen LogP contribution >= 0.6 is 0 Å². The highest BCUT2D eigenvalue weighted by molar-refractivity contribution is 4.66. The van der Waals surface area contributed by atoms with Gasteiger partial charge in [-0.15, -0.1) is 17.6 Å². The van der Waals surface area contributed by atoms with Crippen LogP contribution in [0.5, 0.6) is 0 Å². The highest BCUT2D eigenvalue weighted by atomic mass is 19.5. The molecule has 0 aromatic heterocycles. The Morgan fingerprint density at radius 2 is 1.79 bits per heavy atom. The van der Waals surface area contributed by atoms with E-state index in [0.29, 0.717) is 25.7 Å². The topological polar surface area (TPSA) is 21.8 Å². The fourth-order valence-electron chi connectivity index (χ4n) is 0.536. The molecule has 0 aromatic rings. The van der Waals surface area contributed by atoms with Gasteiger partial charge in [0.05, 0.1) is 19.9 Å². The van der Waals surface area contributed by atoms with E-state index in [4.69, 9.17) is 9.47 Å². The predicted molar refractivity (Wildman–Crippen MR) is 38.3 cm³/mol. The molecule has 0 bridgehead atoms. The van der Waals surface area contributed by atoms with Crippen LogP contribution in [0.25, 0.3) is 0 Å². The number of ether oxygens (including phenoxy) is 2. The molecule has 0 aliphatic carbocycles. The second kappa shape index (κ2) is 6.94. The minimum absolute atomic E-state index is 0.286. The molecule has 1 heterocycles. The molecule has 1 saturated heterocycles. The van der Waals surface area contributed by atoms with Gasteiger partial charge in [-0.3, -0.25) is 4.39 Å². The van der Waals surface area contributed by atoms with Crippen molar-refractivity contribution in [3.8, 4) is 0 Å². The molecule has 1 atom stereocenters. The average molecular weight is 222 g/mol. The second-order valence-corrected chi connectivity index (χ2v) is 2.50. The Hall–Kier alpha value is -0.430. The lowest BCUT2D eigenvalue weighted by Gasteiger charge is -1.96. The van der Waals surface area contributed by atoms with Gasteiger partial charge in [0.2, 0.25) is 0 Å². The molecule has 14 heavy (non-hydrogen) atoms. The fourth-order valence-corrected chi connectivity index (χ4v) is 0.536. The molecule has 0 amide bonds. The first-order chi connectivity index (χ1) is 6.43. The summed E-state index contributed by atoms with van der Waals surface area (Å²) in [6, 6.07) is 0. The van der Waals surface area contributed by atoms with E-state index < -0.39 is 6.43 Å². The highest BCUT2D eigenvalue weighted by Crippen LogP contribution is 2.13. The first-order valence-electron chi connectivity index (χ1n) is 3.94. The van der Waals surface area contributed by atoms with Crippen LogP contribution in [0.1, 0.15) is 6.42 Å². The van der Waals surface area contributed by atoms with Crippen LogP contribution in [-0.4, -0.2) is 39.0 Å². The monoisotopic (exact) mass is 222 g/mol. The van der Waals surface area contributed by atoms with Crippen LogP contribution in [-0.2, 0) is 9.47 Å². The zero-order valence-corrected chi connectivity index (χ0v) is 7.32. The molecule has 1 aliphatic rings. The van der Waals surface area contributed by atoms with Gasteiger partial charge in [0, 0.05) is 6.61 Å². The number of hydrogen-bond acceptors (Lipinski definition) is 2. The van der Waals surface area contributed by atoms with Crippen molar-refractivity contribution in [3.05, 3.63) is 0 Å². The van der Waals surface area contributed by atoms with Gasteiger partial charge in [0.1, 0.15) is 6.10 Å². The van der Waals surface area contributed by atoms with Crippen LogP contribution in [0.3, 0.4) is 0 Å². The standard InChI is InChI=1S/C6H11FO2.CF4/c7-2-1-3-8-4-6-5-9-6;2-1(3,4)5/h6H,1-5H2;. The molecule has 86 valence electrons. The van der Waals surface area contributed by atoms with Gasteiger partial charge in [-0.05, 0) is 6.42 Å². The molecule has 1 fully saturated rings. The molecule has 0 spiro atoms. The summed E-state index contributed by atoms with van der Waals surface area (Å²) >= 11 is 0. The Balaban J connectivity index is 0.000000292. The van der Waals surface area contributed by atoms with Crippen molar-refractivity contribution in [3.63, 3.8) is 0 Å². The van der Waals surface area contributed by atoms with E-state index in [9.17, 15) is 22.0 Å². The lowest BCUT2D eigenvalue weighted by molar-refractivity contribution is -0.237. The van der Waals surface area contributed by atoms with E-state index in [-0.39, 0.29) is 6.67 Å². The highest BCUT2D eigenvalue weighted by Gasteiger charge is 2.24. The SMILES string of the molecule is FC(F)(F)F.FCCCOCC1CO1. The normalized spacial score (nSPS) is 19.9. The van der Waals surface area contributed by atoms with Crippen molar-refractivity contribution in [2.75, 3.05) is 26.5 Å². The van der Waals surface area contributed by atoms with Crippen molar-refractivity contribution in [1.82, 2.24) is 0 Å². The molecular formula is C7H11F5O2. The van der Waals surface area contributed by atoms with E-state index >= 15 is 0 Å². The molecule has 2 nitrogen and oxygen atoms in total. The van der Waals surface area contributed by atoms with E-state index in [0.717, 1.165) is 6.61 Å². The zero-order valence-electron chi connectivity index (χ0n) is 7.32. The third kappa shape index (κ3) is 17.6. The second-order valence-electron chi connectivity index (χ2n) is 2.50. The van der Waals surface area contributed by atoms with E-state index in [1.807, 2.05) is 0 Å². The molecule has 1 rings (SSSR count). The molecule has 0 saturated carbocycles. The van der Waals surface area contributed by atoms with Gasteiger partial charge in [-0.25, -0.2) is 0 Å². The van der Waals surface area contributed by atoms with Gasteiger partial charge < -0.3 is 9.47 Å². The Morgan fingerprint density at radius 3 is 2.14 bits per heavy atom. The summed E-state index contributed by atoms with van der Waals surface area (Å²) in [4.78, 5) is 0. The Kier molecular flexibility index (Phi) is 6.73. The van der Waals surface area contributed by atoms with Crippen molar-refractivity contribution < 1.29 is 31.4 Å². The number of alkyl halides is 5. The van der Waals surface area contributed by atoms with E-state index in [1.165, 1.54) is 0 Å². The molecule has 0 N–H and O–H groups in total. The molecule has 1 aliphatic heterocycles. The largest absolute Gasteiger partial charge is 0.559 e. The van der Waals surface area contributed by atoms with Crippen LogP contribution in [0, 0.1) is 0 Å². The first kappa shape index (κ1) is 13.6. The Morgan fingerprint density at radius 1 is 1.29 bits per heavy atom. The summed E-state index contributed by atoms with van der Waals surface area (Å²) in [5, 5.41) is 0. The average Bonchev–Trinajstić information content (AvgIpc) is 2.78. The molecular weight excluding hydrogens is 211 g/mol. The van der Waals surface area contributed by atoms with Crippen molar-refractivity contribution in [2.45, 2.75) is 19.0 Å². The van der Waals surface area contributed by atoms with Crippen molar-refractivity contribution in [2.24, 2.45) is 0 Å². The number of rotatable bonds is 5. The van der Waals surface area contributed by atoms with Gasteiger partial charge in [0.15, 0.2) is 0 Å². The zero-order chi connectivity index (χ0) is 11.0. The fraction of sp³-hybridized carbons (Fsp3) is 1.00. The molecule has 0 radical (unpaired) electrons. The van der Waals surface area contributed by atoms with Gasteiger partial charge in [0.25, 0.3) is 0 Å². The third-order valence-electron chi connectivity index (χ3n) is 1.13. The number of epoxide rings is 1. The summed E-state index contributed by atoms with van der Waals surface area (Å²) in [6.07, 6.45) is -4.68. The lowest BCUT2D eigenvalue weighted by atomic mass is 10.5. The maximum Gasteiger partial charge on any atom is 0.559 e. The molecule has 1 unspecified atom stereocenters. The summed E-state index contributed by atoms with van der Waals surface area (Å²) in [7, 11) is 0. The Labute approximate surface area is 78.0 Å². The maximum absolute atomic E-state index is 11.4. The van der Waals surface area contributed by atoms with Crippen molar-refractivity contribution in [1.29, 1.82) is 0 Å². The molecule has 7 heteroatoms. The summed E-state index contributed by atoms with van der Waals surface area (Å²) in [5.74, 6) is 0. The van der Waals surface area contributed by atoms with Crippen LogP contribution in [0.15, 0.2) is 0 Å². The van der Waals surface area contributed by atoms with Gasteiger partial charge in [-0.1, -0.05) is 0 Å². The Bertz CT molecular complexity index is 129. The number of hydrogen-bond donors (Lipinski definition) is 0. The summed E-state index contributed by atoms with van der Waals surface area (Å²) < 4.78 is 60.1. The summed E-state index contributed by atoms with van der Waals surface area (Å²) in [6.45, 7) is 1.69. The quantitative estimate of drug-likeness (QED) is 0.404. The van der Waals surface area contributed by atoms with Crippen LogP contribution in [0.2, 0.25) is 0 Å². The minimum atomic E-state index is -5.50. The van der Waals surface area contributed by atoms with Crippen molar-refractivity contribution >= 4 is 0 Å². The lowest BCUT2D eigenvalue weighted by Crippen LogP contribution is -2.02. The maximum atomic E-state index is 11.4. The third-order valence-corrected chi connectivity index (χ3v) is 1.13. The smallest absolute Gasteiger partial charge is 0.379 e. The first-order valence-corrected chi connectivity index (χ1v) is 3.94. The summed E-state index contributed by atoms with van der Waals surface area (Å²) in [5.41, 5.74) is 0. The minimum Gasteiger partial charge on any atom is -0.379 e. The molecule has 0 aromatic carbocycles. The van der Waals surface area contributed by atoms with Gasteiger partial charge in [-0.2, -0.15) is 0 Å². The van der Waals surface area contributed by atoms with E-state index in [2.05, 4.69) is 0 Å².